The maximum absolute atomic E-state index is 12.7. The Morgan fingerprint density at radius 1 is 1.11 bits per heavy atom. The van der Waals surface area contributed by atoms with E-state index in [2.05, 4.69) is 0 Å². The molecular formula is C19H19Cl2NO5S. The summed E-state index contributed by atoms with van der Waals surface area (Å²) in [7, 11) is -2.17. The van der Waals surface area contributed by atoms with Crippen molar-refractivity contribution >= 4 is 39.2 Å². The number of methoxy groups -OCH3 is 1. The van der Waals surface area contributed by atoms with E-state index < -0.39 is 16.0 Å². The standard InChI is InChI=1S/C19H19Cl2NO5S/c1-26-18-7-4-14(20)10-13(18)12-27-19(23)16-11-15(5-6-17(16)21)28(24,25)22-8-2-3-9-22/h4-7,10-11H,2-3,8-9,12H2,1H3. The van der Waals surface area contributed by atoms with Crippen molar-refractivity contribution in [3.63, 3.8) is 0 Å². The first-order valence-corrected chi connectivity index (χ1v) is 10.8. The zero-order valence-electron chi connectivity index (χ0n) is 15.2. The molecule has 1 fully saturated rings. The summed E-state index contributed by atoms with van der Waals surface area (Å²) in [5.41, 5.74) is 0.572. The van der Waals surface area contributed by atoms with E-state index in [1.54, 1.807) is 18.2 Å². The van der Waals surface area contributed by atoms with Crippen molar-refractivity contribution in [3.05, 3.63) is 57.6 Å². The van der Waals surface area contributed by atoms with Crippen molar-refractivity contribution in [1.29, 1.82) is 0 Å². The minimum atomic E-state index is -3.67. The highest BCUT2D eigenvalue weighted by atomic mass is 35.5. The molecule has 3 rings (SSSR count). The van der Waals surface area contributed by atoms with Crippen LogP contribution in [0.15, 0.2) is 41.3 Å². The average molecular weight is 444 g/mol. The summed E-state index contributed by atoms with van der Waals surface area (Å²) in [5.74, 6) is -0.209. The van der Waals surface area contributed by atoms with Gasteiger partial charge in [-0.25, -0.2) is 13.2 Å². The van der Waals surface area contributed by atoms with E-state index in [1.807, 2.05) is 0 Å². The highest BCUT2D eigenvalue weighted by Gasteiger charge is 2.28. The van der Waals surface area contributed by atoms with Crippen LogP contribution < -0.4 is 4.74 Å². The van der Waals surface area contributed by atoms with E-state index in [9.17, 15) is 13.2 Å². The van der Waals surface area contributed by atoms with Crippen LogP contribution in [0.2, 0.25) is 10.0 Å². The molecule has 0 aliphatic carbocycles. The lowest BCUT2D eigenvalue weighted by Gasteiger charge is -2.16. The van der Waals surface area contributed by atoms with Crippen molar-refractivity contribution in [2.45, 2.75) is 24.3 Å². The fourth-order valence-electron chi connectivity index (χ4n) is 2.98. The highest BCUT2D eigenvalue weighted by molar-refractivity contribution is 7.89. The minimum absolute atomic E-state index is 0.0112. The predicted molar refractivity (Wildman–Crippen MR) is 107 cm³/mol. The number of halogens is 2. The molecule has 0 N–H and O–H groups in total. The highest BCUT2D eigenvalue weighted by Crippen LogP contribution is 2.27. The molecule has 9 heteroatoms. The monoisotopic (exact) mass is 443 g/mol. The largest absolute Gasteiger partial charge is 0.496 e. The van der Waals surface area contributed by atoms with Gasteiger partial charge in [0.15, 0.2) is 0 Å². The third-order valence-electron chi connectivity index (χ3n) is 4.46. The number of benzene rings is 2. The Hall–Kier alpha value is -1.80. The van der Waals surface area contributed by atoms with Crippen LogP contribution in [-0.4, -0.2) is 38.9 Å². The van der Waals surface area contributed by atoms with Crippen LogP contribution in [0, 0.1) is 0 Å². The van der Waals surface area contributed by atoms with Crippen molar-refractivity contribution in [2.24, 2.45) is 0 Å². The number of nitrogens with zero attached hydrogens (tertiary/aromatic N) is 1. The topological polar surface area (TPSA) is 72.9 Å². The van der Waals surface area contributed by atoms with Crippen molar-refractivity contribution in [1.82, 2.24) is 4.31 Å². The van der Waals surface area contributed by atoms with Gasteiger partial charge in [-0.1, -0.05) is 23.2 Å². The van der Waals surface area contributed by atoms with Crippen molar-refractivity contribution in [2.75, 3.05) is 20.2 Å². The Kier molecular flexibility index (Phi) is 6.50. The fraction of sp³-hybridized carbons (Fsp3) is 0.316. The van der Waals surface area contributed by atoms with Gasteiger partial charge in [0, 0.05) is 23.7 Å². The summed E-state index contributed by atoms with van der Waals surface area (Å²) in [6, 6.07) is 9.00. The first kappa shape index (κ1) is 20.9. The average Bonchev–Trinajstić information content (AvgIpc) is 3.22. The number of hydrogen-bond acceptors (Lipinski definition) is 5. The SMILES string of the molecule is COc1ccc(Cl)cc1COC(=O)c1cc(S(=O)(=O)N2CCCC2)ccc1Cl. The summed E-state index contributed by atoms with van der Waals surface area (Å²) in [6.07, 6.45) is 1.65. The second-order valence-corrected chi connectivity index (χ2v) is 9.07. The van der Waals surface area contributed by atoms with Gasteiger partial charge < -0.3 is 9.47 Å². The molecule has 6 nitrogen and oxygen atoms in total. The fourth-order valence-corrected chi connectivity index (χ4v) is 4.91. The Morgan fingerprint density at radius 3 is 2.50 bits per heavy atom. The van der Waals surface area contributed by atoms with Crippen LogP contribution in [0.25, 0.3) is 0 Å². The molecule has 0 unspecified atom stereocenters. The van der Waals surface area contributed by atoms with Crippen LogP contribution >= 0.6 is 23.2 Å². The van der Waals surface area contributed by atoms with E-state index in [1.165, 1.54) is 29.6 Å². The smallest absolute Gasteiger partial charge is 0.340 e. The molecule has 1 heterocycles. The number of ether oxygens (including phenoxy) is 2. The molecule has 0 bridgehead atoms. The van der Waals surface area contributed by atoms with E-state index in [-0.39, 0.29) is 22.1 Å². The number of rotatable bonds is 6. The van der Waals surface area contributed by atoms with E-state index in [4.69, 9.17) is 32.7 Å². The molecule has 0 atom stereocenters. The third-order valence-corrected chi connectivity index (χ3v) is 6.92. The van der Waals surface area contributed by atoms with E-state index in [0.717, 1.165) is 12.8 Å². The van der Waals surface area contributed by atoms with Crippen LogP contribution in [-0.2, 0) is 21.4 Å². The second kappa shape index (κ2) is 8.69. The van der Waals surface area contributed by atoms with Gasteiger partial charge in [0.25, 0.3) is 0 Å². The first-order chi connectivity index (χ1) is 13.3. The number of esters is 1. The predicted octanol–water partition coefficient (Wildman–Crippen LogP) is 4.14. The second-order valence-electron chi connectivity index (χ2n) is 6.29. The molecule has 0 amide bonds. The number of carbonyl (C=O) groups is 1. The van der Waals surface area contributed by atoms with Gasteiger partial charge in [-0.3, -0.25) is 0 Å². The minimum Gasteiger partial charge on any atom is -0.496 e. The molecule has 0 spiro atoms. The molecule has 2 aromatic rings. The van der Waals surface area contributed by atoms with Crippen molar-refractivity contribution in [3.8, 4) is 5.75 Å². The lowest BCUT2D eigenvalue weighted by Crippen LogP contribution is -2.28. The van der Waals surface area contributed by atoms with Crippen LogP contribution in [0.5, 0.6) is 5.75 Å². The van der Waals surface area contributed by atoms with Gasteiger partial charge in [0.1, 0.15) is 12.4 Å². The molecule has 1 saturated heterocycles. The van der Waals surface area contributed by atoms with Gasteiger partial charge in [-0.2, -0.15) is 4.31 Å². The summed E-state index contributed by atoms with van der Waals surface area (Å²) >= 11 is 12.1. The lowest BCUT2D eigenvalue weighted by molar-refractivity contribution is 0.0470. The van der Waals surface area contributed by atoms with Crippen LogP contribution in [0.3, 0.4) is 0 Å². The molecular weight excluding hydrogens is 425 g/mol. The van der Waals surface area contributed by atoms with E-state index >= 15 is 0 Å². The zero-order valence-corrected chi connectivity index (χ0v) is 17.5. The van der Waals surface area contributed by atoms with Gasteiger partial charge in [-0.15, -0.1) is 0 Å². The van der Waals surface area contributed by atoms with Crippen LogP contribution in [0.4, 0.5) is 0 Å². The van der Waals surface area contributed by atoms with Crippen molar-refractivity contribution < 1.29 is 22.7 Å². The molecule has 1 aliphatic rings. The van der Waals surface area contributed by atoms with Gasteiger partial charge in [-0.05, 0) is 49.2 Å². The molecule has 0 saturated carbocycles. The number of sulfonamides is 1. The van der Waals surface area contributed by atoms with E-state index in [0.29, 0.717) is 29.4 Å². The lowest BCUT2D eigenvalue weighted by atomic mass is 10.2. The Labute approximate surface area is 174 Å². The maximum atomic E-state index is 12.7. The summed E-state index contributed by atoms with van der Waals surface area (Å²) in [4.78, 5) is 12.6. The van der Waals surface area contributed by atoms with Gasteiger partial charge in [0.2, 0.25) is 10.0 Å². The molecule has 28 heavy (non-hydrogen) atoms. The maximum Gasteiger partial charge on any atom is 0.340 e. The molecule has 1 aliphatic heterocycles. The normalized spacial score (nSPS) is 14.8. The van der Waals surface area contributed by atoms with Gasteiger partial charge in [0.05, 0.1) is 22.6 Å². The number of carbonyl (C=O) groups excluding carboxylic acids is 1. The third kappa shape index (κ3) is 4.43. The molecule has 0 radical (unpaired) electrons. The zero-order chi connectivity index (χ0) is 20.3. The summed E-state index contributed by atoms with van der Waals surface area (Å²) in [6.45, 7) is 0.848. The Bertz CT molecular complexity index is 988. The van der Waals surface area contributed by atoms with Crippen LogP contribution in [0.1, 0.15) is 28.8 Å². The Balaban J connectivity index is 1.81. The van der Waals surface area contributed by atoms with Gasteiger partial charge >= 0.3 is 5.97 Å². The molecule has 150 valence electrons. The first-order valence-electron chi connectivity index (χ1n) is 8.62. The summed E-state index contributed by atoms with van der Waals surface area (Å²) < 4.78 is 37.4. The Morgan fingerprint density at radius 2 is 1.82 bits per heavy atom. The number of hydrogen-bond donors (Lipinski definition) is 0. The summed E-state index contributed by atoms with van der Waals surface area (Å²) in [5, 5.41) is 0.590. The quantitative estimate of drug-likeness (QED) is 0.627. The molecule has 0 aromatic heterocycles. The molecule has 2 aromatic carbocycles.